The zero-order chi connectivity index (χ0) is 8.70. The van der Waals surface area contributed by atoms with Gasteiger partial charge in [-0.2, -0.15) is 0 Å². The lowest BCUT2D eigenvalue weighted by atomic mass is 9.60. The Morgan fingerprint density at radius 1 is 1.45 bits per heavy atom. The Morgan fingerprint density at radius 2 is 1.91 bits per heavy atom. The van der Waals surface area contributed by atoms with Crippen LogP contribution in [0.15, 0.2) is 0 Å². The second-order valence-corrected chi connectivity index (χ2v) is 4.17. The molecule has 11 heavy (non-hydrogen) atoms. The van der Waals surface area contributed by atoms with Gasteiger partial charge in [-0.15, -0.1) is 0 Å². The highest BCUT2D eigenvalue weighted by Gasteiger charge is 2.52. The normalized spacial score (nSPS) is 25.5. The zero-order valence-corrected chi connectivity index (χ0v) is 7.31. The van der Waals surface area contributed by atoms with Crippen molar-refractivity contribution in [3.05, 3.63) is 0 Å². The number of carbonyl (C=O) groups is 1. The van der Waals surface area contributed by atoms with E-state index in [9.17, 15) is 4.79 Å². The molecule has 1 aliphatic rings. The third-order valence-electron chi connectivity index (χ3n) is 2.18. The summed E-state index contributed by atoms with van der Waals surface area (Å²) in [6.07, 6.45) is 1.46. The Kier molecular flexibility index (Phi) is 1.71. The third kappa shape index (κ3) is 1.38. The number of carbonyl (C=O) groups excluding carboxylic acids is 1. The van der Waals surface area contributed by atoms with Crippen molar-refractivity contribution in [1.82, 2.24) is 0 Å². The standard InChI is InChI=1S/C8H15NO2/c1-7(2)4-8(9,5-7)6(10)11-3/h4-5,9H2,1-3H3. The van der Waals surface area contributed by atoms with E-state index in [-0.39, 0.29) is 11.4 Å². The minimum Gasteiger partial charge on any atom is -0.468 e. The first-order valence-electron chi connectivity index (χ1n) is 3.77. The van der Waals surface area contributed by atoms with Gasteiger partial charge in [0.2, 0.25) is 0 Å². The molecular weight excluding hydrogens is 142 g/mol. The Hall–Kier alpha value is -0.570. The summed E-state index contributed by atoms with van der Waals surface area (Å²) in [5, 5.41) is 0. The highest BCUT2D eigenvalue weighted by molar-refractivity contribution is 5.82. The number of hydrogen-bond acceptors (Lipinski definition) is 3. The second kappa shape index (κ2) is 2.21. The summed E-state index contributed by atoms with van der Waals surface area (Å²) < 4.78 is 4.59. The van der Waals surface area contributed by atoms with Crippen molar-refractivity contribution >= 4 is 5.97 Å². The first-order chi connectivity index (χ1) is 4.90. The monoisotopic (exact) mass is 157 g/mol. The quantitative estimate of drug-likeness (QED) is 0.569. The molecular formula is C8H15NO2. The van der Waals surface area contributed by atoms with Crippen LogP contribution in [-0.2, 0) is 9.53 Å². The van der Waals surface area contributed by atoms with Crippen molar-refractivity contribution in [2.75, 3.05) is 7.11 Å². The van der Waals surface area contributed by atoms with Gasteiger partial charge in [0.25, 0.3) is 0 Å². The Balaban J connectivity index is 2.56. The van der Waals surface area contributed by atoms with Crippen molar-refractivity contribution in [3.63, 3.8) is 0 Å². The van der Waals surface area contributed by atoms with Crippen molar-refractivity contribution in [2.24, 2.45) is 11.1 Å². The Morgan fingerprint density at radius 3 is 2.18 bits per heavy atom. The van der Waals surface area contributed by atoms with Gasteiger partial charge in [0.1, 0.15) is 5.54 Å². The van der Waals surface area contributed by atoms with Crippen LogP contribution >= 0.6 is 0 Å². The van der Waals surface area contributed by atoms with E-state index in [2.05, 4.69) is 18.6 Å². The SMILES string of the molecule is COC(=O)C1(N)CC(C)(C)C1. The fraction of sp³-hybridized carbons (Fsp3) is 0.875. The molecule has 0 aromatic carbocycles. The van der Waals surface area contributed by atoms with Gasteiger partial charge in [-0.3, -0.25) is 4.79 Å². The summed E-state index contributed by atoms with van der Waals surface area (Å²) in [5.41, 5.74) is 5.27. The second-order valence-electron chi connectivity index (χ2n) is 4.17. The summed E-state index contributed by atoms with van der Waals surface area (Å²) in [6, 6.07) is 0. The van der Waals surface area contributed by atoms with Gasteiger partial charge in [-0.25, -0.2) is 0 Å². The van der Waals surface area contributed by atoms with Gasteiger partial charge in [-0.05, 0) is 18.3 Å². The molecule has 0 amide bonds. The molecule has 1 fully saturated rings. The molecule has 64 valence electrons. The predicted molar refractivity (Wildman–Crippen MR) is 41.9 cm³/mol. The fourth-order valence-electron chi connectivity index (χ4n) is 2.00. The molecule has 0 aromatic heterocycles. The Labute approximate surface area is 66.9 Å². The maximum absolute atomic E-state index is 11.1. The molecule has 1 aliphatic carbocycles. The summed E-state index contributed by atoms with van der Waals surface area (Å²) >= 11 is 0. The molecule has 0 bridgehead atoms. The summed E-state index contributed by atoms with van der Waals surface area (Å²) in [6.45, 7) is 4.20. The van der Waals surface area contributed by atoms with E-state index in [4.69, 9.17) is 5.73 Å². The number of ether oxygens (including phenoxy) is 1. The van der Waals surface area contributed by atoms with Crippen LogP contribution < -0.4 is 5.73 Å². The third-order valence-corrected chi connectivity index (χ3v) is 2.18. The Bertz CT molecular complexity index is 179. The van der Waals surface area contributed by atoms with Crippen LogP contribution in [0.25, 0.3) is 0 Å². The fourth-order valence-corrected chi connectivity index (χ4v) is 2.00. The molecule has 3 nitrogen and oxygen atoms in total. The van der Waals surface area contributed by atoms with E-state index in [1.807, 2.05) is 0 Å². The van der Waals surface area contributed by atoms with Gasteiger partial charge >= 0.3 is 5.97 Å². The van der Waals surface area contributed by atoms with Crippen molar-refractivity contribution in [1.29, 1.82) is 0 Å². The van der Waals surface area contributed by atoms with Crippen LogP contribution in [0.2, 0.25) is 0 Å². The lowest BCUT2D eigenvalue weighted by Gasteiger charge is -2.48. The molecule has 3 heteroatoms. The highest BCUT2D eigenvalue weighted by atomic mass is 16.5. The average Bonchev–Trinajstić information content (AvgIpc) is 1.81. The first kappa shape index (κ1) is 8.53. The van der Waals surface area contributed by atoms with Gasteiger partial charge in [-0.1, -0.05) is 13.8 Å². The first-order valence-corrected chi connectivity index (χ1v) is 3.77. The van der Waals surface area contributed by atoms with Crippen LogP contribution in [0.5, 0.6) is 0 Å². The van der Waals surface area contributed by atoms with Gasteiger partial charge < -0.3 is 10.5 Å². The van der Waals surface area contributed by atoms with Crippen LogP contribution in [0.1, 0.15) is 26.7 Å². The highest BCUT2D eigenvalue weighted by Crippen LogP contribution is 2.46. The number of nitrogens with two attached hydrogens (primary N) is 1. The molecule has 2 N–H and O–H groups in total. The van der Waals surface area contributed by atoms with E-state index < -0.39 is 5.54 Å². The lowest BCUT2D eigenvalue weighted by molar-refractivity contribution is -0.155. The summed E-state index contributed by atoms with van der Waals surface area (Å²) in [4.78, 5) is 11.1. The van der Waals surface area contributed by atoms with Crippen LogP contribution in [0.4, 0.5) is 0 Å². The molecule has 0 aliphatic heterocycles. The molecule has 0 atom stereocenters. The number of methoxy groups -OCH3 is 1. The van der Waals surface area contributed by atoms with E-state index in [0.29, 0.717) is 0 Å². The maximum Gasteiger partial charge on any atom is 0.325 e. The lowest BCUT2D eigenvalue weighted by Crippen LogP contribution is -2.61. The molecule has 1 rings (SSSR count). The van der Waals surface area contributed by atoms with Gasteiger partial charge in [0, 0.05) is 0 Å². The van der Waals surface area contributed by atoms with E-state index in [1.165, 1.54) is 7.11 Å². The smallest absolute Gasteiger partial charge is 0.325 e. The molecule has 0 aromatic rings. The summed E-state index contributed by atoms with van der Waals surface area (Å²) in [5.74, 6) is -0.281. The number of hydrogen-bond donors (Lipinski definition) is 1. The molecule has 1 saturated carbocycles. The maximum atomic E-state index is 11.1. The average molecular weight is 157 g/mol. The largest absolute Gasteiger partial charge is 0.468 e. The van der Waals surface area contributed by atoms with E-state index in [0.717, 1.165) is 12.8 Å². The van der Waals surface area contributed by atoms with Crippen LogP contribution in [0, 0.1) is 5.41 Å². The minimum atomic E-state index is -0.696. The molecule has 0 saturated heterocycles. The van der Waals surface area contributed by atoms with E-state index >= 15 is 0 Å². The van der Waals surface area contributed by atoms with Crippen molar-refractivity contribution < 1.29 is 9.53 Å². The number of rotatable bonds is 1. The topological polar surface area (TPSA) is 52.3 Å². The van der Waals surface area contributed by atoms with Gasteiger partial charge in [0.05, 0.1) is 7.11 Å². The minimum absolute atomic E-state index is 0.211. The van der Waals surface area contributed by atoms with Crippen molar-refractivity contribution in [2.45, 2.75) is 32.2 Å². The summed E-state index contributed by atoms with van der Waals surface area (Å²) in [7, 11) is 1.38. The molecule has 0 spiro atoms. The van der Waals surface area contributed by atoms with Crippen LogP contribution in [0.3, 0.4) is 0 Å². The molecule has 0 heterocycles. The van der Waals surface area contributed by atoms with Gasteiger partial charge in [0.15, 0.2) is 0 Å². The number of esters is 1. The molecule has 0 radical (unpaired) electrons. The molecule has 0 unspecified atom stereocenters. The predicted octanol–water partition coefficient (Wildman–Crippen LogP) is 0.677. The van der Waals surface area contributed by atoms with E-state index in [1.54, 1.807) is 0 Å². The van der Waals surface area contributed by atoms with Crippen LogP contribution in [-0.4, -0.2) is 18.6 Å². The zero-order valence-electron chi connectivity index (χ0n) is 7.31. The van der Waals surface area contributed by atoms with Crippen molar-refractivity contribution in [3.8, 4) is 0 Å².